The lowest BCUT2D eigenvalue weighted by Crippen LogP contribution is -2.32. The van der Waals surface area contributed by atoms with Crippen LogP contribution < -0.4 is 10.3 Å². The van der Waals surface area contributed by atoms with E-state index in [2.05, 4.69) is 11.2 Å². The van der Waals surface area contributed by atoms with E-state index in [9.17, 15) is 9.90 Å². The van der Waals surface area contributed by atoms with Crippen LogP contribution >= 0.6 is 0 Å². The van der Waals surface area contributed by atoms with E-state index in [-0.39, 0.29) is 18.7 Å². The molecule has 5 nitrogen and oxygen atoms in total. The van der Waals surface area contributed by atoms with E-state index < -0.39 is 6.10 Å². The maximum Gasteiger partial charge on any atom is 0.267 e. The average molecular weight is 328 g/mol. The molecule has 1 atom stereocenters. The zero-order chi connectivity index (χ0) is 17.3. The third kappa shape index (κ3) is 3.36. The van der Waals surface area contributed by atoms with Crippen LogP contribution in [-0.2, 0) is 19.4 Å². The Kier molecular flexibility index (Phi) is 4.71. The van der Waals surface area contributed by atoms with E-state index in [1.54, 1.807) is 6.07 Å². The average Bonchev–Trinajstić information content (AvgIpc) is 2.98. The lowest BCUT2D eigenvalue weighted by molar-refractivity contribution is 0.0871. The standard InChI is InChI=1S/C19H24N2O3/c1-12-7-8-13(2)19(14(12)3)24-11-16(22)10-21-18(23)9-15-5-4-6-17(15)20-21/h7-9,16,22H,4-6,10-11H2,1-3H3. The summed E-state index contributed by atoms with van der Waals surface area (Å²) in [5, 5.41) is 14.6. The molecule has 0 fully saturated rings. The summed E-state index contributed by atoms with van der Waals surface area (Å²) in [4.78, 5) is 12.1. The minimum Gasteiger partial charge on any atom is -0.490 e. The summed E-state index contributed by atoms with van der Waals surface area (Å²) in [5.41, 5.74) is 5.15. The Hall–Kier alpha value is -2.14. The fraction of sp³-hybridized carbons (Fsp3) is 0.474. The summed E-state index contributed by atoms with van der Waals surface area (Å²) in [7, 11) is 0. The predicted octanol–water partition coefficient (Wildman–Crippen LogP) is 2.10. The molecular weight excluding hydrogens is 304 g/mol. The van der Waals surface area contributed by atoms with Gasteiger partial charge in [-0.3, -0.25) is 4.79 Å². The van der Waals surface area contributed by atoms with Crippen molar-refractivity contribution in [1.29, 1.82) is 0 Å². The summed E-state index contributed by atoms with van der Waals surface area (Å²) in [6, 6.07) is 5.72. The first kappa shape index (κ1) is 16.7. The normalized spacial score (nSPS) is 14.5. The molecule has 0 amide bonds. The van der Waals surface area contributed by atoms with Crippen molar-refractivity contribution in [1.82, 2.24) is 9.78 Å². The van der Waals surface area contributed by atoms with E-state index in [1.165, 1.54) is 4.68 Å². The molecule has 1 N–H and O–H groups in total. The Labute approximate surface area is 141 Å². The second-order valence-electron chi connectivity index (χ2n) is 6.61. The molecule has 24 heavy (non-hydrogen) atoms. The molecule has 0 spiro atoms. The number of ether oxygens (including phenoxy) is 1. The predicted molar refractivity (Wildman–Crippen MR) is 92.7 cm³/mol. The van der Waals surface area contributed by atoms with Gasteiger partial charge in [0.05, 0.1) is 12.2 Å². The fourth-order valence-corrected chi connectivity index (χ4v) is 3.15. The molecule has 0 aliphatic heterocycles. The van der Waals surface area contributed by atoms with Crippen molar-refractivity contribution in [3.8, 4) is 5.75 Å². The zero-order valence-corrected chi connectivity index (χ0v) is 14.5. The number of benzene rings is 1. The van der Waals surface area contributed by atoms with E-state index in [1.807, 2.05) is 26.8 Å². The Bertz CT molecular complexity index is 811. The number of rotatable bonds is 5. The third-order valence-electron chi connectivity index (χ3n) is 4.70. The molecule has 0 saturated carbocycles. The van der Waals surface area contributed by atoms with Gasteiger partial charge < -0.3 is 9.84 Å². The van der Waals surface area contributed by atoms with Crippen LogP contribution in [0.25, 0.3) is 0 Å². The van der Waals surface area contributed by atoms with Crippen molar-refractivity contribution < 1.29 is 9.84 Å². The van der Waals surface area contributed by atoms with Crippen LogP contribution in [0.3, 0.4) is 0 Å². The van der Waals surface area contributed by atoms with Crippen LogP contribution in [0.1, 0.15) is 34.4 Å². The van der Waals surface area contributed by atoms with Crippen molar-refractivity contribution in [2.24, 2.45) is 0 Å². The van der Waals surface area contributed by atoms with Crippen LogP contribution in [0.2, 0.25) is 0 Å². The highest BCUT2D eigenvalue weighted by Crippen LogP contribution is 2.25. The molecule has 1 aromatic carbocycles. The highest BCUT2D eigenvalue weighted by Gasteiger charge is 2.17. The number of aryl methyl sites for hydroxylation is 4. The largest absolute Gasteiger partial charge is 0.490 e. The molecule has 3 rings (SSSR count). The molecule has 0 bridgehead atoms. The van der Waals surface area contributed by atoms with Crippen LogP contribution in [-0.4, -0.2) is 27.6 Å². The van der Waals surface area contributed by atoms with Gasteiger partial charge in [0.25, 0.3) is 5.56 Å². The molecule has 1 aliphatic rings. The van der Waals surface area contributed by atoms with Gasteiger partial charge >= 0.3 is 0 Å². The minimum atomic E-state index is -0.783. The highest BCUT2D eigenvalue weighted by atomic mass is 16.5. The van der Waals surface area contributed by atoms with Crippen molar-refractivity contribution in [3.05, 3.63) is 56.5 Å². The summed E-state index contributed by atoms with van der Waals surface area (Å²) in [5.74, 6) is 0.809. The molecule has 128 valence electrons. The second kappa shape index (κ2) is 6.77. The van der Waals surface area contributed by atoms with E-state index in [4.69, 9.17) is 4.74 Å². The maximum atomic E-state index is 12.1. The lowest BCUT2D eigenvalue weighted by atomic mass is 10.1. The van der Waals surface area contributed by atoms with Gasteiger partial charge in [0.15, 0.2) is 0 Å². The van der Waals surface area contributed by atoms with Crippen molar-refractivity contribution >= 4 is 0 Å². The quantitative estimate of drug-likeness (QED) is 0.913. The monoisotopic (exact) mass is 328 g/mol. The first-order valence-electron chi connectivity index (χ1n) is 8.43. The number of aliphatic hydroxyl groups excluding tert-OH is 1. The number of aliphatic hydroxyl groups is 1. The van der Waals surface area contributed by atoms with Gasteiger partial charge in [-0.15, -0.1) is 0 Å². The highest BCUT2D eigenvalue weighted by molar-refractivity contribution is 5.44. The van der Waals surface area contributed by atoms with Crippen molar-refractivity contribution in [2.45, 2.75) is 52.7 Å². The zero-order valence-electron chi connectivity index (χ0n) is 14.5. The first-order valence-corrected chi connectivity index (χ1v) is 8.43. The topological polar surface area (TPSA) is 64.3 Å². The Morgan fingerprint density at radius 3 is 2.79 bits per heavy atom. The second-order valence-corrected chi connectivity index (χ2v) is 6.61. The number of aromatic nitrogens is 2. The fourth-order valence-electron chi connectivity index (χ4n) is 3.15. The molecule has 2 aromatic rings. The van der Waals surface area contributed by atoms with Crippen molar-refractivity contribution in [3.63, 3.8) is 0 Å². The van der Waals surface area contributed by atoms with E-state index in [0.717, 1.165) is 53.0 Å². The summed E-state index contributed by atoms with van der Waals surface area (Å²) >= 11 is 0. The summed E-state index contributed by atoms with van der Waals surface area (Å²) in [6.45, 7) is 6.32. The molecule has 1 aromatic heterocycles. The number of hydrogen-bond acceptors (Lipinski definition) is 4. The molecule has 1 heterocycles. The van der Waals surface area contributed by atoms with Gasteiger partial charge in [-0.25, -0.2) is 4.68 Å². The van der Waals surface area contributed by atoms with Crippen LogP contribution in [0, 0.1) is 20.8 Å². The van der Waals surface area contributed by atoms with Crippen LogP contribution in [0.4, 0.5) is 0 Å². The van der Waals surface area contributed by atoms with Crippen LogP contribution in [0.15, 0.2) is 23.0 Å². The molecule has 1 aliphatic carbocycles. The Balaban J connectivity index is 1.68. The summed E-state index contributed by atoms with van der Waals surface area (Å²) < 4.78 is 7.18. The maximum absolute atomic E-state index is 12.1. The van der Waals surface area contributed by atoms with Gasteiger partial charge in [0.1, 0.15) is 18.5 Å². The number of fused-ring (bicyclic) bond motifs is 1. The van der Waals surface area contributed by atoms with Gasteiger partial charge in [0.2, 0.25) is 0 Å². The first-order chi connectivity index (χ1) is 11.5. The third-order valence-corrected chi connectivity index (χ3v) is 4.70. The number of hydrogen-bond donors (Lipinski definition) is 1. The molecule has 5 heteroatoms. The molecule has 0 radical (unpaired) electrons. The van der Waals surface area contributed by atoms with E-state index >= 15 is 0 Å². The number of nitrogens with zero attached hydrogens (tertiary/aromatic N) is 2. The Morgan fingerprint density at radius 2 is 2.00 bits per heavy atom. The minimum absolute atomic E-state index is 0.135. The van der Waals surface area contributed by atoms with Gasteiger partial charge in [0, 0.05) is 6.07 Å². The van der Waals surface area contributed by atoms with Crippen molar-refractivity contribution in [2.75, 3.05) is 6.61 Å². The molecule has 1 unspecified atom stereocenters. The Morgan fingerprint density at radius 1 is 1.25 bits per heavy atom. The van der Waals surface area contributed by atoms with Gasteiger partial charge in [-0.2, -0.15) is 5.10 Å². The van der Waals surface area contributed by atoms with Crippen LogP contribution in [0.5, 0.6) is 5.75 Å². The molecule has 0 saturated heterocycles. The smallest absolute Gasteiger partial charge is 0.267 e. The van der Waals surface area contributed by atoms with E-state index in [0.29, 0.717) is 0 Å². The summed E-state index contributed by atoms with van der Waals surface area (Å²) in [6.07, 6.45) is 2.09. The molecular formula is C19H24N2O3. The lowest BCUT2D eigenvalue weighted by Gasteiger charge is -2.17. The van der Waals surface area contributed by atoms with Gasteiger partial charge in [-0.1, -0.05) is 12.1 Å². The van der Waals surface area contributed by atoms with Gasteiger partial charge in [-0.05, 0) is 62.3 Å². The SMILES string of the molecule is Cc1ccc(C)c(OCC(O)Cn2nc3c(cc2=O)CCC3)c1C.